The van der Waals surface area contributed by atoms with Gasteiger partial charge in [0.05, 0.1) is 12.6 Å². The lowest BCUT2D eigenvalue weighted by Crippen LogP contribution is -2.61. The van der Waals surface area contributed by atoms with E-state index in [9.17, 15) is 29.2 Å². The predicted octanol–water partition coefficient (Wildman–Crippen LogP) is 6.98. The van der Waals surface area contributed by atoms with Crippen LogP contribution in [0, 0.1) is 17.3 Å². The molecule has 6 N–H and O–H groups in total. The van der Waals surface area contributed by atoms with E-state index in [0.29, 0.717) is 19.4 Å². The molecular formula is C39H76N6O6S. The van der Waals surface area contributed by atoms with Crippen LogP contribution < -0.4 is 21.7 Å². The van der Waals surface area contributed by atoms with E-state index in [1.165, 1.54) is 47.0 Å². The van der Waals surface area contributed by atoms with Crippen molar-refractivity contribution in [3.05, 3.63) is 0 Å². The van der Waals surface area contributed by atoms with E-state index in [0.717, 1.165) is 38.0 Å². The van der Waals surface area contributed by atoms with Gasteiger partial charge in [0.25, 0.3) is 5.91 Å². The highest BCUT2D eigenvalue weighted by Crippen LogP contribution is 2.31. The number of nitrogens with two attached hydrogens (primary N) is 1. The number of urea groups is 1. The lowest BCUT2D eigenvalue weighted by Gasteiger charge is -2.37. The number of hydrogen-bond acceptors (Lipinski definition) is 8. The topological polar surface area (TPSA) is 174 Å². The summed E-state index contributed by atoms with van der Waals surface area (Å²) < 4.78 is 0.979. The fraction of sp³-hybridized carbons (Fsp3) is 0.872. The third-order valence-corrected chi connectivity index (χ3v) is 10.1. The fourth-order valence-electron chi connectivity index (χ4n) is 6.23. The number of carbonyl (C=O) groups excluding carboxylic acids is 5. The van der Waals surface area contributed by atoms with Gasteiger partial charge in [0.2, 0.25) is 17.6 Å². The molecular weight excluding hydrogens is 681 g/mol. The first kappa shape index (κ1) is 49.6. The third kappa shape index (κ3) is 18.6. The quantitative estimate of drug-likeness (QED) is 0.0806. The Labute approximate surface area is 320 Å². The van der Waals surface area contributed by atoms with E-state index in [4.69, 9.17) is 5.73 Å². The van der Waals surface area contributed by atoms with Gasteiger partial charge in [0, 0.05) is 17.3 Å². The van der Waals surface area contributed by atoms with Crippen LogP contribution in [0.1, 0.15) is 160 Å². The maximum atomic E-state index is 13.9. The van der Waals surface area contributed by atoms with Crippen molar-refractivity contribution in [2.45, 2.75) is 189 Å². The Hall–Kier alpha value is -2.38. The molecule has 52 heavy (non-hydrogen) atoms. The van der Waals surface area contributed by atoms with Crippen LogP contribution in [-0.4, -0.2) is 86.1 Å². The maximum absolute atomic E-state index is 13.9. The molecule has 0 spiro atoms. The summed E-state index contributed by atoms with van der Waals surface area (Å²) in [6, 6.07) is -3.67. The molecule has 0 aromatic rings. The minimum absolute atomic E-state index is 0.183. The van der Waals surface area contributed by atoms with Gasteiger partial charge >= 0.3 is 6.03 Å². The number of hydrogen-bond donors (Lipinski definition) is 5. The maximum Gasteiger partial charge on any atom is 0.315 e. The molecule has 1 aliphatic heterocycles. The number of primary amides is 1. The number of likely N-dealkylation sites (tertiary alicyclic amines) is 1. The first-order chi connectivity index (χ1) is 24.2. The van der Waals surface area contributed by atoms with Crippen LogP contribution in [0.2, 0.25) is 0 Å². The lowest BCUT2D eigenvalue weighted by molar-refractivity contribution is -0.143. The molecule has 13 heteroatoms. The van der Waals surface area contributed by atoms with E-state index < -0.39 is 53.1 Å². The Morgan fingerprint density at radius 2 is 1.38 bits per heavy atom. The second kappa shape index (κ2) is 24.8. The van der Waals surface area contributed by atoms with Crippen molar-refractivity contribution in [2.24, 2.45) is 23.0 Å². The van der Waals surface area contributed by atoms with Crippen LogP contribution in [0.3, 0.4) is 0 Å². The molecule has 1 heterocycles. The smallest absolute Gasteiger partial charge is 0.315 e. The summed E-state index contributed by atoms with van der Waals surface area (Å²) >= 11 is 1.30. The molecule has 5 amide bonds. The predicted molar refractivity (Wildman–Crippen MR) is 213 cm³/mol. The van der Waals surface area contributed by atoms with E-state index in [2.05, 4.69) is 36.7 Å². The number of ketones is 1. The zero-order valence-electron chi connectivity index (χ0n) is 34.7. The second-order valence-corrected chi connectivity index (χ2v) is 18.1. The van der Waals surface area contributed by atoms with E-state index in [1.54, 1.807) is 6.92 Å². The molecule has 2 aliphatic carbocycles. The molecule has 4 atom stereocenters. The number of amides is 5. The monoisotopic (exact) mass is 757 g/mol. The average Bonchev–Trinajstić information content (AvgIpc) is 3.55. The van der Waals surface area contributed by atoms with Crippen molar-refractivity contribution in [2.75, 3.05) is 13.1 Å². The van der Waals surface area contributed by atoms with Crippen molar-refractivity contribution in [1.29, 1.82) is 0 Å². The standard InChI is InChI=1S/C29H52N6O6S.C5H10.C3H8.C2H6/c1-8-19(22(36)24(30)37)31-25(38)21-15-12-16-34(21)26(39)23(28(2,3)4)33-27(40)32-20(18-13-10-9-11-14-18)17-35(41)42-29(5,6)7;1-5-3-2-4-5;1-3-2;1-2/h18-21,23,41H,8-17H2,1-7H3,(H2,30,37)(H,31,38)(H2,32,33,40);5H,2-4H2,1H3;3H2,1-2H3;1-2H3/t19?,20?,21-,23?;;;/m0.../s1. The number of nitrogens with zero attached hydrogens (tertiary/aromatic N) is 2. The van der Waals surface area contributed by atoms with Gasteiger partial charge in [-0.1, -0.05) is 107 Å². The number of Topliss-reactive ketones (excluding diaryl/α,β-unsaturated/α-hetero) is 1. The van der Waals surface area contributed by atoms with Crippen molar-refractivity contribution in [3.63, 3.8) is 0 Å². The Kier molecular flexibility index (Phi) is 23.7. The van der Waals surface area contributed by atoms with Crippen LogP contribution in [-0.2, 0) is 19.2 Å². The molecule has 0 bridgehead atoms. The highest BCUT2D eigenvalue weighted by Gasteiger charge is 2.43. The molecule has 3 rings (SSSR count). The van der Waals surface area contributed by atoms with Crippen LogP contribution in [0.5, 0.6) is 0 Å². The minimum Gasteiger partial charge on any atom is -0.363 e. The summed E-state index contributed by atoms with van der Waals surface area (Å²) in [5.74, 6) is -1.68. The fourth-order valence-corrected chi connectivity index (χ4v) is 7.10. The van der Waals surface area contributed by atoms with E-state index in [1.807, 2.05) is 55.4 Å². The molecule has 3 unspecified atom stereocenters. The highest BCUT2D eigenvalue weighted by molar-refractivity contribution is 7.98. The number of nitrogens with one attached hydrogen (secondary N) is 3. The molecule has 12 nitrogen and oxygen atoms in total. The van der Waals surface area contributed by atoms with E-state index >= 15 is 0 Å². The minimum atomic E-state index is -1.13. The van der Waals surface area contributed by atoms with Crippen LogP contribution in [0.4, 0.5) is 4.79 Å². The van der Waals surface area contributed by atoms with Gasteiger partial charge in [-0.15, -0.1) is 4.47 Å². The van der Waals surface area contributed by atoms with Gasteiger partial charge in [0.1, 0.15) is 12.1 Å². The van der Waals surface area contributed by atoms with E-state index in [-0.39, 0.29) is 29.7 Å². The number of carbonyl (C=O) groups is 5. The van der Waals surface area contributed by atoms with Gasteiger partial charge in [-0.05, 0) is 82.1 Å². The Balaban J connectivity index is 0.00000228. The van der Waals surface area contributed by atoms with Gasteiger partial charge in [-0.25, -0.2) is 4.79 Å². The number of rotatable bonds is 12. The largest absolute Gasteiger partial charge is 0.363 e. The van der Waals surface area contributed by atoms with Gasteiger partial charge < -0.3 is 31.8 Å². The van der Waals surface area contributed by atoms with Crippen molar-refractivity contribution < 1.29 is 29.2 Å². The summed E-state index contributed by atoms with van der Waals surface area (Å²) in [7, 11) is 0. The molecule has 0 aromatic heterocycles. The zero-order chi connectivity index (χ0) is 40.2. The summed E-state index contributed by atoms with van der Waals surface area (Å²) in [5, 5.41) is 19.1. The Morgan fingerprint density at radius 1 is 0.846 bits per heavy atom. The SMILES string of the molecule is CC.CC1CCC1.CCC.CCC(NC(=O)[C@@H]1CCCN1C(=O)C(NC(=O)NC(CN(O)SC(C)(C)C)C1CCCCC1)C(C)(C)C)C(=O)C(N)=O. The van der Waals surface area contributed by atoms with Crippen LogP contribution in [0.25, 0.3) is 0 Å². The summed E-state index contributed by atoms with van der Waals surface area (Å²) in [5.41, 5.74) is 4.44. The average molecular weight is 757 g/mol. The molecule has 3 fully saturated rings. The van der Waals surface area contributed by atoms with Gasteiger partial charge in [-0.2, -0.15) is 0 Å². The molecule has 304 valence electrons. The third-order valence-electron chi connectivity index (χ3n) is 9.17. The van der Waals surface area contributed by atoms with Crippen molar-refractivity contribution in [3.8, 4) is 0 Å². The Bertz CT molecular complexity index is 1080. The number of hydroxylamine groups is 1. The van der Waals surface area contributed by atoms with Crippen molar-refractivity contribution >= 4 is 41.5 Å². The van der Waals surface area contributed by atoms with Gasteiger partial charge in [0.15, 0.2) is 0 Å². The summed E-state index contributed by atoms with van der Waals surface area (Å²) in [4.78, 5) is 65.3. The summed E-state index contributed by atoms with van der Waals surface area (Å²) in [6.45, 7) is 24.3. The molecule has 1 saturated heterocycles. The zero-order valence-corrected chi connectivity index (χ0v) is 35.5. The second-order valence-electron chi connectivity index (χ2n) is 16.3. The molecule has 0 radical (unpaired) electrons. The normalized spacial score (nSPS) is 19.5. The molecule has 2 saturated carbocycles. The molecule has 3 aliphatic rings. The first-order valence-corrected chi connectivity index (χ1v) is 20.7. The van der Waals surface area contributed by atoms with Gasteiger partial charge in [-0.3, -0.25) is 19.2 Å². The Morgan fingerprint density at radius 3 is 1.81 bits per heavy atom. The lowest BCUT2D eigenvalue weighted by atomic mass is 9.83. The first-order valence-electron chi connectivity index (χ1n) is 19.9. The van der Waals surface area contributed by atoms with Crippen molar-refractivity contribution in [1.82, 2.24) is 25.3 Å². The highest BCUT2D eigenvalue weighted by atomic mass is 32.2. The summed E-state index contributed by atoms with van der Waals surface area (Å²) in [6.07, 6.45) is 12.0. The van der Waals surface area contributed by atoms with Crippen LogP contribution in [0.15, 0.2) is 0 Å². The molecule has 0 aromatic carbocycles. The van der Waals surface area contributed by atoms with Crippen LogP contribution >= 0.6 is 11.9 Å².